The first kappa shape index (κ1) is 17.6. The first-order valence-corrected chi connectivity index (χ1v) is 8.79. The van der Waals surface area contributed by atoms with E-state index in [1.807, 2.05) is 32.2 Å². The van der Waals surface area contributed by atoms with E-state index in [0.29, 0.717) is 18.1 Å². The van der Waals surface area contributed by atoms with Crippen LogP contribution in [0.5, 0.6) is 0 Å². The summed E-state index contributed by atoms with van der Waals surface area (Å²) in [5, 5.41) is 16.3. The normalized spacial score (nSPS) is 16.1. The lowest BCUT2D eigenvalue weighted by atomic mass is 9.97. The summed E-state index contributed by atoms with van der Waals surface area (Å²) < 4.78 is 1.70. The van der Waals surface area contributed by atoms with Crippen molar-refractivity contribution >= 4 is 11.6 Å². The first-order valence-electron chi connectivity index (χ1n) is 8.79. The summed E-state index contributed by atoms with van der Waals surface area (Å²) in [4.78, 5) is 14.8. The molecule has 0 bridgehead atoms. The van der Waals surface area contributed by atoms with E-state index in [4.69, 9.17) is 0 Å². The van der Waals surface area contributed by atoms with Crippen molar-refractivity contribution in [2.45, 2.75) is 26.3 Å². The molecule has 2 heterocycles. The van der Waals surface area contributed by atoms with Crippen LogP contribution in [0.15, 0.2) is 30.5 Å². The summed E-state index contributed by atoms with van der Waals surface area (Å²) >= 11 is 0. The summed E-state index contributed by atoms with van der Waals surface area (Å²) in [6.45, 7) is 5.07. The number of nitrogens with zero attached hydrogens (tertiary/aromatic N) is 3. The van der Waals surface area contributed by atoms with Gasteiger partial charge in [0.15, 0.2) is 0 Å². The number of nitrogens with one attached hydrogen (secondary N) is 1. The van der Waals surface area contributed by atoms with Gasteiger partial charge in [-0.3, -0.25) is 14.4 Å². The molecule has 0 aliphatic carbocycles. The molecule has 1 amide bonds. The Labute approximate surface area is 148 Å². The first-order chi connectivity index (χ1) is 12.1. The smallest absolute Gasteiger partial charge is 0.259 e. The number of hydrogen-bond acceptors (Lipinski definition) is 4. The van der Waals surface area contributed by atoms with Crippen LogP contribution in [0.3, 0.4) is 0 Å². The third kappa shape index (κ3) is 4.27. The Kier molecular flexibility index (Phi) is 5.50. The van der Waals surface area contributed by atoms with Crippen molar-refractivity contribution in [1.29, 1.82) is 0 Å². The minimum atomic E-state index is -0.133. The topological polar surface area (TPSA) is 70.4 Å². The number of amides is 1. The van der Waals surface area contributed by atoms with E-state index in [9.17, 15) is 9.90 Å². The van der Waals surface area contributed by atoms with Crippen molar-refractivity contribution in [3.05, 3.63) is 47.3 Å². The van der Waals surface area contributed by atoms with Crippen LogP contribution in [0.4, 0.5) is 5.69 Å². The monoisotopic (exact) mass is 342 g/mol. The molecule has 1 fully saturated rings. The molecule has 1 aromatic heterocycles. The van der Waals surface area contributed by atoms with Crippen LogP contribution in [-0.4, -0.2) is 45.4 Å². The number of aryl methyl sites for hydroxylation is 1. The molecule has 0 spiro atoms. The van der Waals surface area contributed by atoms with Gasteiger partial charge >= 0.3 is 0 Å². The van der Waals surface area contributed by atoms with E-state index in [1.165, 1.54) is 5.56 Å². The molecule has 25 heavy (non-hydrogen) atoms. The summed E-state index contributed by atoms with van der Waals surface area (Å²) in [5.74, 6) is 0.316. The summed E-state index contributed by atoms with van der Waals surface area (Å²) in [7, 11) is 1.83. The maximum absolute atomic E-state index is 12.4. The molecule has 1 aliphatic heterocycles. The number of benzene rings is 1. The van der Waals surface area contributed by atoms with Gasteiger partial charge in [-0.05, 0) is 56.5 Å². The highest BCUT2D eigenvalue weighted by molar-refractivity contribution is 6.04. The fraction of sp³-hybridized carbons (Fsp3) is 0.474. The molecule has 1 aliphatic rings. The SMILES string of the molecule is Cc1c(C(=O)Nc2cccc(CN3CCC(CO)CC3)c2)cnn1C. The van der Waals surface area contributed by atoms with E-state index < -0.39 is 0 Å². The second kappa shape index (κ2) is 7.80. The van der Waals surface area contributed by atoms with E-state index in [0.717, 1.165) is 43.9 Å². The van der Waals surface area contributed by atoms with Gasteiger partial charge in [0.1, 0.15) is 0 Å². The lowest BCUT2D eigenvalue weighted by Crippen LogP contribution is -2.34. The van der Waals surface area contributed by atoms with Gasteiger partial charge in [-0.15, -0.1) is 0 Å². The maximum atomic E-state index is 12.4. The molecule has 3 rings (SSSR count). The molecule has 0 unspecified atom stereocenters. The highest BCUT2D eigenvalue weighted by atomic mass is 16.3. The van der Waals surface area contributed by atoms with Crippen molar-refractivity contribution in [3.63, 3.8) is 0 Å². The quantitative estimate of drug-likeness (QED) is 0.874. The predicted molar refractivity (Wildman–Crippen MR) is 97.4 cm³/mol. The zero-order chi connectivity index (χ0) is 17.8. The Balaban J connectivity index is 1.62. The standard InChI is InChI=1S/C19H26N4O2/c1-14-18(11-20-22(14)2)19(25)21-17-5-3-4-16(10-17)12-23-8-6-15(13-24)7-9-23/h3-5,10-11,15,24H,6-9,12-13H2,1-2H3,(H,21,25). The van der Waals surface area contributed by atoms with Crippen LogP contribution in [0.2, 0.25) is 0 Å². The number of aliphatic hydroxyl groups excluding tert-OH is 1. The van der Waals surface area contributed by atoms with Gasteiger partial charge in [0.05, 0.1) is 11.8 Å². The number of piperidine rings is 1. The number of rotatable bonds is 5. The molecule has 134 valence electrons. The lowest BCUT2D eigenvalue weighted by molar-refractivity contribution is 0.102. The minimum Gasteiger partial charge on any atom is -0.396 e. The largest absolute Gasteiger partial charge is 0.396 e. The van der Waals surface area contributed by atoms with E-state index in [1.54, 1.807) is 10.9 Å². The van der Waals surface area contributed by atoms with Crippen LogP contribution < -0.4 is 5.32 Å². The lowest BCUT2D eigenvalue weighted by Gasteiger charge is -2.31. The Hall–Kier alpha value is -2.18. The molecule has 0 atom stereocenters. The second-order valence-corrected chi connectivity index (χ2v) is 6.82. The predicted octanol–water partition coefficient (Wildman–Crippen LogP) is 2.19. The molecule has 2 aromatic rings. The second-order valence-electron chi connectivity index (χ2n) is 6.82. The van der Waals surface area contributed by atoms with Crippen LogP contribution in [-0.2, 0) is 13.6 Å². The van der Waals surface area contributed by atoms with E-state index in [-0.39, 0.29) is 5.91 Å². The highest BCUT2D eigenvalue weighted by Crippen LogP contribution is 2.20. The van der Waals surface area contributed by atoms with E-state index >= 15 is 0 Å². The number of aliphatic hydroxyl groups is 1. The van der Waals surface area contributed by atoms with Gasteiger partial charge in [-0.25, -0.2) is 0 Å². The van der Waals surface area contributed by atoms with E-state index in [2.05, 4.69) is 21.4 Å². The van der Waals surface area contributed by atoms with Gasteiger partial charge in [-0.1, -0.05) is 12.1 Å². The molecule has 0 radical (unpaired) electrons. The highest BCUT2D eigenvalue weighted by Gasteiger charge is 2.18. The van der Waals surface area contributed by atoms with Crippen molar-refractivity contribution in [3.8, 4) is 0 Å². The number of carbonyl (C=O) groups excluding carboxylic acids is 1. The Morgan fingerprint density at radius 3 is 2.76 bits per heavy atom. The molecule has 6 heteroatoms. The fourth-order valence-electron chi connectivity index (χ4n) is 3.25. The average molecular weight is 342 g/mol. The Morgan fingerprint density at radius 1 is 1.36 bits per heavy atom. The van der Waals surface area contributed by atoms with Gasteiger partial charge in [0, 0.05) is 31.6 Å². The molecular weight excluding hydrogens is 316 g/mol. The number of aromatic nitrogens is 2. The maximum Gasteiger partial charge on any atom is 0.259 e. The Bertz CT molecular complexity index is 733. The van der Waals surface area contributed by atoms with Crippen molar-refractivity contribution in [2.24, 2.45) is 13.0 Å². The van der Waals surface area contributed by atoms with Gasteiger partial charge in [-0.2, -0.15) is 5.10 Å². The van der Waals surface area contributed by atoms with Crippen molar-refractivity contribution < 1.29 is 9.90 Å². The number of anilines is 1. The molecule has 2 N–H and O–H groups in total. The molecule has 0 saturated carbocycles. The van der Waals surface area contributed by atoms with Crippen molar-refractivity contribution in [1.82, 2.24) is 14.7 Å². The van der Waals surface area contributed by atoms with Crippen LogP contribution in [0, 0.1) is 12.8 Å². The Morgan fingerprint density at radius 2 is 2.12 bits per heavy atom. The summed E-state index contributed by atoms with van der Waals surface area (Å²) in [6.07, 6.45) is 3.69. The minimum absolute atomic E-state index is 0.133. The summed E-state index contributed by atoms with van der Waals surface area (Å²) in [5.41, 5.74) is 3.43. The number of hydrogen-bond donors (Lipinski definition) is 2. The number of likely N-dealkylation sites (tertiary alicyclic amines) is 1. The molecular formula is C19H26N4O2. The van der Waals surface area contributed by atoms with Gasteiger partial charge < -0.3 is 10.4 Å². The average Bonchev–Trinajstić information content (AvgIpc) is 2.95. The van der Waals surface area contributed by atoms with Crippen LogP contribution >= 0.6 is 0 Å². The zero-order valence-electron chi connectivity index (χ0n) is 14.9. The summed E-state index contributed by atoms with van der Waals surface area (Å²) in [6, 6.07) is 8.00. The number of carbonyl (C=O) groups is 1. The van der Waals surface area contributed by atoms with Crippen molar-refractivity contribution in [2.75, 3.05) is 25.0 Å². The fourth-order valence-corrected chi connectivity index (χ4v) is 3.25. The molecule has 6 nitrogen and oxygen atoms in total. The van der Waals surface area contributed by atoms with Gasteiger partial charge in [0.25, 0.3) is 5.91 Å². The third-order valence-corrected chi connectivity index (χ3v) is 5.04. The van der Waals surface area contributed by atoms with Crippen LogP contribution in [0.25, 0.3) is 0 Å². The molecule has 1 saturated heterocycles. The zero-order valence-corrected chi connectivity index (χ0v) is 14.9. The van der Waals surface area contributed by atoms with Crippen LogP contribution in [0.1, 0.15) is 34.5 Å². The molecule has 1 aromatic carbocycles. The van der Waals surface area contributed by atoms with Gasteiger partial charge in [0.2, 0.25) is 0 Å². The third-order valence-electron chi connectivity index (χ3n) is 5.04.